The van der Waals surface area contributed by atoms with Gasteiger partial charge in [0.25, 0.3) is 0 Å². The predicted molar refractivity (Wildman–Crippen MR) is 82.8 cm³/mol. The van der Waals surface area contributed by atoms with Gasteiger partial charge in [-0.1, -0.05) is 48.5 Å². The van der Waals surface area contributed by atoms with Gasteiger partial charge in [-0.15, -0.1) is 0 Å². The minimum Gasteiger partial charge on any atom is -0.452 e. The number of hydrogen-bond acceptors (Lipinski definition) is 4. The van der Waals surface area contributed by atoms with Crippen LogP contribution in [0.15, 0.2) is 59.6 Å². The van der Waals surface area contributed by atoms with Crippen LogP contribution < -0.4 is 4.90 Å². The average molecular weight is 291 g/mol. The maximum atomic E-state index is 12.0. The smallest absolute Gasteiger partial charge is 0.416 e. The van der Waals surface area contributed by atoms with Gasteiger partial charge in [0.15, 0.2) is 0 Å². The molecule has 0 saturated carbocycles. The van der Waals surface area contributed by atoms with Crippen molar-refractivity contribution in [2.45, 2.75) is 6.17 Å². The van der Waals surface area contributed by atoms with E-state index in [9.17, 15) is 10.1 Å². The number of ether oxygens (including phenoxy) is 1. The molecule has 0 radical (unpaired) electrons. The average Bonchev–Trinajstić information content (AvgIpc) is 2.60. The summed E-state index contributed by atoms with van der Waals surface area (Å²) in [5, 5.41) is 9.39. The predicted octanol–water partition coefficient (Wildman–Crippen LogP) is 2.96. The summed E-state index contributed by atoms with van der Waals surface area (Å²) in [7, 11) is 1.29. The number of benzene rings is 2. The van der Waals surface area contributed by atoms with Crippen LogP contribution in [0.5, 0.6) is 0 Å². The Hall–Kier alpha value is -3.13. The zero-order chi connectivity index (χ0) is 15.5. The third-order valence-electron chi connectivity index (χ3n) is 3.45. The van der Waals surface area contributed by atoms with Gasteiger partial charge in [0.2, 0.25) is 6.17 Å². The first-order valence-electron chi connectivity index (χ1n) is 6.75. The van der Waals surface area contributed by atoms with E-state index in [1.54, 1.807) is 6.07 Å². The largest absolute Gasteiger partial charge is 0.452 e. The fraction of sp³-hybridized carbons (Fsp3) is 0.118. The Morgan fingerprint density at radius 2 is 1.86 bits per heavy atom. The summed E-state index contributed by atoms with van der Waals surface area (Å²) in [6.07, 6.45) is -1.55. The molecule has 0 unspecified atom stereocenters. The minimum absolute atomic E-state index is 0.602. The van der Waals surface area contributed by atoms with Crippen molar-refractivity contribution in [2.75, 3.05) is 12.0 Å². The van der Waals surface area contributed by atoms with Crippen molar-refractivity contribution >= 4 is 17.5 Å². The molecular formula is C17H13N3O2. The fourth-order valence-corrected chi connectivity index (χ4v) is 2.47. The van der Waals surface area contributed by atoms with Crippen LogP contribution in [0.4, 0.5) is 10.5 Å². The Balaban J connectivity index is 2.20. The lowest BCUT2D eigenvalue weighted by Gasteiger charge is -2.30. The highest BCUT2D eigenvalue weighted by Crippen LogP contribution is 2.31. The van der Waals surface area contributed by atoms with Gasteiger partial charge in [-0.25, -0.2) is 14.7 Å². The van der Waals surface area contributed by atoms with Crippen molar-refractivity contribution in [1.82, 2.24) is 0 Å². The maximum absolute atomic E-state index is 12.0. The number of nitriles is 1. The van der Waals surface area contributed by atoms with Crippen molar-refractivity contribution in [3.8, 4) is 6.07 Å². The molecule has 5 heteroatoms. The number of anilines is 1. The van der Waals surface area contributed by atoms with Crippen LogP contribution in [-0.2, 0) is 4.74 Å². The number of carbonyl (C=O) groups excluding carboxylic acids is 1. The maximum Gasteiger partial charge on any atom is 0.416 e. The summed E-state index contributed by atoms with van der Waals surface area (Å²) < 4.78 is 4.79. The summed E-state index contributed by atoms with van der Waals surface area (Å²) >= 11 is 0. The van der Waals surface area contributed by atoms with E-state index in [1.165, 1.54) is 12.0 Å². The number of carbonyl (C=O) groups is 1. The van der Waals surface area contributed by atoms with Gasteiger partial charge >= 0.3 is 6.09 Å². The molecule has 22 heavy (non-hydrogen) atoms. The highest BCUT2D eigenvalue weighted by atomic mass is 16.5. The van der Waals surface area contributed by atoms with Crippen LogP contribution in [0, 0.1) is 11.3 Å². The molecule has 0 saturated heterocycles. The van der Waals surface area contributed by atoms with E-state index in [0.29, 0.717) is 11.4 Å². The number of amides is 1. The number of para-hydroxylation sites is 1. The van der Waals surface area contributed by atoms with Crippen LogP contribution in [0.25, 0.3) is 0 Å². The molecule has 0 N–H and O–H groups in total. The molecule has 2 aromatic carbocycles. The molecule has 2 aromatic rings. The molecule has 1 aliphatic rings. The normalized spacial score (nSPS) is 16.3. The van der Waals surface area contributed by atoms with Gasteiger partial charge in [-0.05, 0) is 6.07 Å². The van der Waals surface area contributed by atoms with E-state index < -0.39 is 12.3 Å². The molecule has 5 nitrogen and oxygen atoms in total. The second-order valence-electron chi connectivity index (χ2n) is 4.70. The zero-order valence-electron chi connectivity index (χ0n) is 11.9. The Labute approximate surface area is 128 Å². The topological polar surface area (TPSA) is 65.7 Å². The molecule has 3 rings (SSSR count). The Kier molecular flexibility index (Phi) is 3.58. The number of aliphatic imine (C=N–C) groups is 1. The quantitative estimate of drug-likeness (QED) is 0.811. The van der Waals surface area contributed by atoms with E-state index >= 15 is 0 Å². The molecule has 1 atom stereocenters. The van der Waals surface area contributed by atoms with Crippen molar-refractivity contribution in [1.29, 1.82) is 5.26 Å². The SMILES string of the molecule is COC(=O)N1c2ccccc2C(c2ccccc2)=N[C@@H]1C#N. The molecule has 0 aliphatic carbocycles. The summed E-state index contributed by atoms with van der Waals surface area (Å²) in [6, 6.07) is 19.0. The van der Waals surface area contributed by atoms with Crippen molar-refractivity contribution in [3.05, 3.63) is 65.7 Å². The Bertz CT molecular complexity index is 778. The van der Waals surface area contributed by atoms with Crippen molar-refractivity contribution in [2.24, 2.45) is 4.99 Å². The zero-order valence-corrected chi connectivity index (χ0v) is 11.9. The molecule has 108 valence electrons. The van der Waals surface area contributed by atoms with Gasteiger partial charge < -0.3 is 4.74 Å². The third kappa shape index (κ3) is 2.21. The fourth-order valence-electron chi connectivity index (χ4n) is 2.47. The lowest BCUT2D eigenvalue weighted by Crippen LogP contribution is -2.42. The number of nitrogens with zero attached hydrogens (tertiary/aromatic N) is 3. The first kappa shape index (κ1) is 13.8. The van der Waals surface area contributed by atoms with Crippen molar-refractivity contribution in [3.63, 3.8) is 0 Å². The standard InChI is InChI=1S/C17H13N3O2/c1-22-17(21)20-14-10-6-5-9-13(14)16(19-15(20)11-18)12-7-3-2-4-8-12/h2-10,15H,1H3/t15-/m0/s1. The van der Waals surface area contributed by atoms with E-state index in [4.69, 9.17) is 4.74 Å². The second kappa shape index (κ2) is 5.70. The van der Waals surface area contributed by atoms with Gasteiger partial charge in [0.05, 0.1) is 18.5 Å². The van der Waals surface area contributed by atoms with Crippen LogP contribution in [0.1, 0.15) is 11.1 Å². The van der Waals surface area contributed by atoms with E-state index in [0.717, 1.165) is 11.1 Å². The number of methoxy groups -OCH3 is 1. The monoisotopic (exact) mass is 291 g/mol. The van der Waals surface area contributed by atoms with Gasteiger partial charge in [0, 0.05) is 11.1 Å². The Morgan fingerprint density at radius 1 is 1.18 bits per heavy atom. The molecule has 0 spiro atoms. The van der Waals surface area contributed by atoms with E-state index in [-0.39, 0.29) is 0 Å². The summed E-state index contributed by atoms with van der Waals surface area (Å²) in [5.74, 6) is 0. The lowest BCUT2D eigenvalue weighted by atomic mass is 9.98. The molecule has 1 amide bonds. The summed E-state index contributed by atoms with van der Waals surface area (Å²) in [5.41, 5.74) is 3.02. The highest BCUT2D eigenvalue weighted by Gasteiger charge is 2.33. The Morgan fingerprint density at radius 3 is 2.55 bits per heavy atom. The first-order chi connectivity index (χ1) is 10.8. The highest BCUT2D eigenvalue weighted by molar-refractivity contribution is 6.18. The second-order valence-corrected chi connectivity index (χ2v) is 4.70. The van der Waals surface area contributed by atoms with E-state index in [2.05, 4.69) is 4.99 Å². The molecular weight excluding hydrogens is 278 g/mol. The third-order valence-corrected chi connectivity index (χ3v) is 3.45. The molecule has 1 aliphatic heterocycles. The van der Waals surface area contributed by atoms with E-state index in [1.807, 2.05) is 54.6 Å². The molecule has 1 heterocycles. The van der Waals surface area contributed by atoms with Crippen LogP contribution in [0.2, 0.25) is 0 Å². The molecule has 0 bridgehead atoms. The summed E-state index contributed by atoms with van der Waals surface area (Å²) in [6.45, 7) is 0. The van der Waals surface area contributed by atoms with Gasteiger partial charge in [-0.3, -0.25) is 0 Å². The van der Waals surface area contributed by atoms with Crippen LogP contribution in [0.3, 0.4) is 0 Å². The van der Waals surface area contributed by atoms with Gasteiger partial charge in [-0.2, -0.15) is 5.26 Å². The summed E-state index contributed by atoms with van der Waals surface area (Å²) in [4.78, 5) is 17.7. The van der Waals surface area contributed by atoms with Gasteiger partial charge in [0.1, 0.15) is 6.07 Å². The number of fused-ring (bicyclic) bond motifs is 1. The molecule has 0 fully saturated rings. The van der Waals surface area contributed by atoms with Crippen LogP contribution >= 0.6 is 0 Å². The van der Waals surface area contributed by atoms with Crippen LogP contribution in [-0.4, -0.2) is 25.1 Å². The van der Waals surface area contributed by atoms with Crippen molar-refractivity contribution < 1.29 is 9.53 Å². The minimum atomic E-state index is -0.947. The number of rotatable bonds is 1. The molecule has 0 aromatic heterocycles. The number of hydrogen-bond donors (Lipinski definition) is 0. The first-order valence-corrected chi connectivity index (χ1v) is 6.75. The lowest BCUT2D eigenvalue weighted by molar-refractivity contribution is 0.177.